The molecule has 0 fully saturated rings. The zero-order chi connectivity index (χ0) is 20.6. The molecule has 150 valence electrons. The van der Waals surface area contributed by atoms with Gasteiger partial charge >= 0.3 is 11.6 Å². The fourth-order valence-corrected chi connectivity index (χ4v) is 3.55. The molecular weight excluding hydrogens is 372 g/mol. The van der Waals surface area contributed by atoms with Crippen LogP contribution in [0, 0.1) is 0 Å². The lowest BCUT2D eigenvalue weighted by Gasteiger charge is -2.39. The molecule has 2 aromatic carbocycles. The number of carbonyl (C=O) groups is 1. The predicted molar refractivity (Wildman–Crippen MR) is 107 cm³/mol. The Morgan fingerprint density at radius 3 is 2.79 bits per heavy atom. The van der Waals surface area contributed by atoms with Crippen LogP contribution in [0.3, 0.4) is 0 Å². The van der Waals surface area contributed by atoms with E-state index in [2.05, 4.69) is 0 Å². The van der Waals surface area contributed by atoms with E-state index in [0.717, 1.165) is 10.9 Å². The number of rotatable bonds is 4. The third-order valence-electron chi connectivity index (χ3n) is 5.22. The molecule has 0 saturated heterocycles. The van der Waals surface area contributed by atoms with Gasteiger partial charge in [0.15, 0.2) is 0 Å². The molecule has 0 saturated carbocycles. The summed E-state index contributed by atoms with van der Waals surface area (Å²) >= 11 is 0. The standard InChI is InChI=1S/C23H22O6/c1-23(2)20(28-22(26)9-7-14-5-3-4-6-17(14)24)12-16-11-15-8-10-21(25)27-18(15)13-19(16)29-23/h3-6,8,10-11,13,20,24H,7,9,12H2,1-2H3/t20-/m0/s1. The van der Waals surface area contributed by atoms with Gasteiger partial charge in [0.05, 0.1) is 0 Å². The minimum Gasteiger partial charge on any atom is -0.508 e. The van der Waals surface area contributed by atoms with Gasteiger partial charge in [-0.05, 0) is 49.6 Å². The molecule has 1 aliphatic rings. The molecule has 4 rings (SSSR count). The Morgan fingerprint density at radius 1 is 1.21 bits per heavy atom. The first-order valence-corrected chi connectivity index (χ1v) is 9.54. The number of ether oxygens (including phenoxy) is 2. The Balaban J connectivity index is 1.50. The topological polar surface area (TPSA) is 86.0 Å². The van der Waals surface area contributed by atoms with E-state index in [-0.39, 0.29) is 18.1 Å². The fourth-order valence-electron chi connectivity index (χ4n) is 3.55. The van der Waals surface area contributed by atoms with Crippen molar-refractivity contribution in [3.8, 4) is 11.5 Å². The van der Waals surface area contributed by atoms with Crippen LogP contribution in [-0.4, -0.2) is 22.8 Å². The average molecular weight is 394 g/mol. The summed E-state index contributed by atoms with van der Waals surface area (Å²) in [5.41, 5.74) is 0.917. The number of aromatic hydroxyl groups is 1. The van der Waals surface area contributed by atoms with Crippen LogP contribution in [0.5, 0.6) is 11.5 Å². The van der Waals surface area contributed by atoms with Gasteiger partial charge in [0.25, 0.3) is 0 Å². The molecule has 6 heteroatoms. The Bertz CT molecular complexity index is 1130. The van der Waals surface area contributed by atoms with E-state index in [1.54, 1.807) is 30.3 Å². The van der Waals surface area contributed by atoms with Gasteiger partial charge in [-0.1, -0.05) is 18.2 Å². The van der Waals surface area contributed by atoms with E-state index in [1.165, 1.54) is 6.07 Å². The van der Waals surface area contributed by atoms with Crippen LogP contribution < -0.4 is 10.4 Å². The molecular formula is C23H22O6. The summed E-state index contributed by atoms with van der Waals surface area (Å²) in [6.45, 7) is 3.73. The third kappa shape index (κ3) is 3.97. The van der Waals surface area contributed by atoms with Crippen molar-refractivity contribution in [2.45, 2.75) is 44.8 Å². The van der Waals surface area contributed by atoms with Crippen LogP contribution >= 0.6 is 0 Å². The van der Waals surface area contributed by atoms with Crippen LogP contribution in [-0.2, 0) is 22.4 Å². The largest absolute Gasteiger partial charge is 0.508 e. The van der Waals surface area contributed by atoms with Crippen LogP contribution in [0.1, 0.15) is 31.4 Å². The maximum absolute atomic E-state index is 12.4. The normalized spacial score (nSPS) is 17.4. The Kier molecular flexibility index (Phi) is 4.78. The molecule has 2 heterocycles. The number of para-hydroxylation sites is 1. The van der Waals surface area contributed by atoms with Gasteiger partial charge in [-0.25, -0.2) is 4.79 Å². The fraction of sp³-hybridized carbons (Fsp3) is 0.304. The maximum atomic E-state index is 12.4. The first kappa shape index (κ1) is 19.1. The zero-order valence-corrected chi connectivity index (χ0v) is 16.3. The quantitative estimate of drug-likeness (QED) is 0.536. The molecule has 1 atom stereocenters. The number of hydrogen-bond donors (Lipinski definition) is 1. The number of hydrogen-bond acceptors (Lipinski definition) is 6. The smallest absolute Gasteiger partial charge is 0.336 e. The lowest BCUT2D eigenvalue weighted by molar-refractivity contribution is -0.161. The number of benzene rings is 2. The molecule has 29 heavy (non-hydrogen) atoms. The highest BCUT2D eigenvalue weighted by molar-refractivity contribution is 5.79. The van der Waals surface area contributed by atoms with E-state index >= 15 is 0 Å². The molecule has 1 N–H and O–H groups in total. The summed E-state index contributed by atoms with van der Waals surface area (Å²) in [4.78, 5) is 23.9. The second-order valence-corrected chi connectivity index (χ2v) is 7.77. The SMILES string of the molecule is CC1(C)Oc2cc3oc(=O)ccc3cc2C[C@@H]1OC(=O)CCc1ccccc1O. The van der Waals surface area contributed by atoms with Crippen LogP contribution in [0.25, 0.3) is 11.0 Å². The molecule has 1 aromatic heterocycles. The van der Waals surface area contributed by atoms with Crippen molar-refractivity contribution in [2.24, 2.45) is 0 Å². The van der Waals surface area contributed by atoms with Gasteiger partial charge in [0.2, 0.25) is 0 Å². The van der Waals surface area contributed by atoms with Crippen LogP contribution in [0.15, 0.2) is 57.7 Å². The van der Waals surface area contributed by atoms with E-state index in [0.29, 0.717) is 29.7 Å². The van der Waals surface area contributed by atoms with Gasteiger partial charge in [0, 0.05) is 30.4 Å². The van der Waals surface area contributed by atoms with Gasteiger partial charge < -0.3 is 19.0 Å². The summed E-state index contributed by atoms with van der Waals surface area (Å²) in [6, 6.07) is 13.6. The highest BCUT2D eigenvalue weighted by Crippen LogP contribution is 2.37. The van der Waals surface area contributed by atoms with Crippen LogP contribution in [0.4, 0.5) is 0 Å². The minimum atomic E-state index is -0.736. The number of carbonyl (C=O) groups excluding carboxylic acids is 1. The molecule has 0 radical (unpaired) electrons. The second-order valence-electron chi connectivity index (χ2n) is 7.77. The number of aryl methyl sites for hydroxylation is 1. The molecule has 0 unspecified atom stereocenters. The molecule has 0 amide bonds. The Labute approximate surface area is 167 Å². The first-order chi connectivity index (χ1) is 13.8. The van der Waals surface area contributed by atoms with Crippen molar-refractivity contribution in [1.29, 1.82) is 0 Å². The second kappa shape index (κ2) is 7.28. The van der Waals surface area contributed by atoms with Crippen molar-refractivity contribution in [3.63, 3.8) is 0 Å². The van der Waals surface area contributed by atoms with Gasteiger partial charge in [0.1, 0.15) is 28.8 Å². The molecule has 1 aliphatic heterocycles. The summed E-state index contributed by atoms with van der Waals surface area (Å²) in [7, 11) is 0. The number of fused-ring (bicyclic) bond motifs is 2. The van der Waals surface area contributed by atoms with E-state index < -0.39 is 17.3 Å². The molecule has 0 bridgehead atoms. The van der Waals surface area contributed by atoms with Gasteiger partial charge in [-0.2, -0.15) is 0 Å². The minimum absolute atomic E-state index is 0.167. The highest BCUT2D eigenvalue weighted by Gasteiger charge is 2.40. The summed E-state index contributed by atoms with van der Waals surface area (Å²) < 4.78 is 17.1. The van der Waals surface area contributed by atoms with Crippen molar-refractivity contribution in [3.05, 3.63) is 70.1 Å². The van der Waals surface area contributed by atoms with Crippen molar-refractivity contribution < 1.29 is 23.8 Å². The maximum Gasteiger partial charge on any atom is 0.336 e. The molecule has 0 spiro atoms. The molecule has 0 aliphatic carbocycles. The van der Waals surface area contributed by atoms with Crippen molar-refractivity contribution >= 4 is 16.9 Å². The number of esters is 1. The summed E-state index contributed by atoms with van der Waals surface area (Å²) in [5.74, 6) is 0.456. The van der Waals surface area contributed by atoms with Crippen molar-refractivity contribution in [1.82, 2.24) is 0 Å². The lowest BCUT2D eigenvalue weighted by atomic mass is 9.90. The van der Waals surface area contributed by atoms with E-state index in [4.69, 9.17) is 13.9 Å². The molecule has 6 nitrogen and oxygen atoms in total. The van der Waals surface area contributed by atoms with Crippen molar-refractivity contribution in [2.75, 3.05) is 0 Å². The van der Waals surface area contributed by atoms with Gasteiger partial charge in [-0.3, -0.25) is 4.79 Å². The first-order valence-electron chi connectivity index (χ1n) is 9.54. The highest BCUT2D eigenvalue weighted by atomic mass is 16.6. The zero-order valence-electron chi connectivity index (χ0n) is 16.3. The van der Waals surface area contributed by atoms with E-state index in [9.17, 15) is 14.7 Å². The monoisotopic (exact) mass is 394 g/mol. The van der Waals surface area contributed by atoms with E-state index in [1.807, 2.05) is 26.0 Å². The van der Waals surface area contributed by atoms with Gasteiger partial charge in [-0.15, -0.1) is 0 Å². The Hall–Kier alpha value is -3.28. The lowest BCUT2D eigenvalue weighted by Crippen LogP contribution is -2.48. The molecule has 3 aromatic rings. The third-order valence-corrected chi connectivity index (χ3v) is 5.22. The Morgan fingerprint density at radius 2 is 2.00 bits per heavy atom. The average Bonchev–Trinajstić information content (AvgIpc) is 2.66. The summed E-state index contributed by atoms with van der Waals surface area (Å²) in [5, 5.41) is 10.6. The predicted octanol–water partition coefficient (Wildman–Crippen LogP) is 3.76. The number of phenolic OH excluding ortho intramolecular Hbond substituents is 1. The van der Waals surface area contributed by atoms with Crippen LogP contribution in [0.2, 0.25) is 0 Å². The summed E-state index contributed by atoms with van der Waals surface area (Å²) in [6.07, 6.45) is 0.611. The number of phenols is 1.